The SMILES string of the molecule is CC1(C)S[C@@H]2c3ccccc3C(=O)N2[C@H]1C(=O)Nc1ccccn1. The van der Waals surface area contributed by atoms with E-state index in [1.54, 1.807) is 35.0 Å². The second kappa shape index (κ2) is 5.34. The average molecular weight is 339 g/mol. The maximum Gasteiger partial charge on any atom is 0.256 e. The van der Waals surface area contributed by atoms with Gasteiger partial charge in [-0.2, -0.15) is 0 Å². The molecule has 3 heterocycles. The number of anilines is 1. The van der Waals surface area contributed by atoms with Gasteiger partial charge in [0.2, 0.25) is 5.91 Å². The molecule has 2 aromatic rings. The lowest BCUT2D eigenvalue weighted by molar-refractivity contribution is -0.121. The highest BCUT2D eigenvalue weighted by molar-refractivity contribution is 8.01. The van der Waals surface area contributed by atoms with Crippen LogP contribution in [0.3, 0.4) is 0 Å². The zero-order valence-corrected chi connectivity index (χ0v) is 14.2. The van der Waals surface area contributed by atoms with Crippen molar-refractivity contribution in [2.45, 2.75) is 30.0 Å². The molecule has 1 saturated heterocycles. The molecule has 122 valence electrons. The summed E-state index contributed by atoms with van der Waals surface area (Å²) in [5.41, 5.74) is 1.69. The van der Waals surface area contributed by atoms with Crippen molar-refractivity contribution < 1.29 is 9.59 Å². The molecule has 1 N–H and O–H groups in total. The van der Waals surface area contributed by atoms with Crippen LogP contribution in [0.5, 0.6) is 0 Å². The lowest BCUT2D eigenvalue weighted by Crippen LogP contribution is -2.50. The van der Waals surface area contributed by atoms with E-state index >= 15 is 0 Å². The van der Waals surface area contributed by atoms with Gasteiger partial charge in [0.25, 0.3) is 5.91 Å². The Morgan fingerprint density at radius 2 is 1.96 bits per heavy atom. The lowest BCUT2D eigenvalue weighted by Gasteiger charge is -2.29. The monoisotopic (exact) mass is 339 g/mol. The number of rotatable bonds is 2. The first-order valence-corrected chi connectivity index (χ1v) is 8.68. The first-order chi connectivity index (χ1) is 11.5. The van der Waals surface area contributed by atoms with Crippen LogP contribution in [-0.4, -0.2) is 32.5 Å². The minimum atomic E-state index is -0.547. The molecule has 0 spiro atoms. The third-order valence-electron chi connectivity index (χ3n) is 4.46. The fourth-order valence-corrected chi connectivity index (χ4v) is 5.02. The van der Waals surface area contributed by atoms with E-state index in [2.05, 4.69) is 10.3 Å². The number of nitrogens with zero attached hydrogens (tertiary/aromatic N) is 2. The summed E-state index contributed by atoms with van der Waals surface area (Å²) in [5.74, 6) is 0.223. The van der Waals surface area contributed by atoms with Crippen molar-refractivity contribution in [3.63, 3.8) is 0 Å². The van der Waals surface area contributed by atoms with Crippen molar-refractivity contribution >= 4 is 29.4 Å². The van der Waals surface area contributed by atoms with E-state index in [-0.39, 0.29) is 21.9 Å². The van der Waals surface area contributed by atoms with Gasteiger partial charge in [-0.05, 0) is 37.6 Å². The maximum atomic E-state index is 12.9. The summed E-state index contributed by atoms with van der Waals surface area (Å²) in [7, 11) is 0. The van der Waals surface area contributed by atoms with Gasteiger partial charge in [-0.3, -0.25) is 9.59 Å². The second-order valence-corrected chi connectivity index (χ2v) is 8.21. The van der Waals surface area contributed by atoms with Crippen LogP contribution in [0.1, 0.15) is 35.1 Å². The number of aromatic nitrogens is 1. The van der Waals surface area contributed by atoms with Gasteiger partial charge in [0.1, 0.15) is 17.2 Å². The van der Waals surface area contributed by atoms with E-state index < -0.39 is 6.04 Å². The molecule has 2 aliphatic heterocycles. The van der Waals surface area contributed by atoms with Crippen LogP contribution in [0.4, 0.5) is 5.82 Å². The average Bonchev–Trinajstić information content (AvgIpc) is 2.99. The van der Waals surface area contributed by atoms with E-state index in [0.717, 1.165) is 5.56 Å². The molecule has 2 amide bonds. The first kappa shape index (κ1) is 15.2. The first-order valence-electron chi connectivity index (χ1n) is 7.80. The Bertz CT molecular complexity index is 822. The molecule has 1 aromatic heterocycles. The number of hydrogen-bond donors (Lipinski definition) is 1. The minimum absolute atomic E-state index is 0.0742. The van der Waals surface area contributed by atoms with E-state index in [4.69, 9.17) is 0 Å². The Morgan fingerprint density at radius 1 is 1.21 bits per heavy atom. The summed E-state index contributed by atoms with van der Waals surface area (Å²) in [4.78, 5) is 31.6. The molecular weight excluding hydrogens is 322 g/mol. The molecule has 0 radical (unpaired) electrons. The number of hydrogen-bond acceptors (Lipinski definition) is 4. The van der Waals surface area contributed by atoms with Gasteiger partial charge in [-0.1, -0.05) is 24.3 Å². The van der Waals surface area contributed by atoms with Crippen molar-refractivity contribution in [2.75, 3.05) is 5.32 Å². The fourth-order valence-electron chi connectivity index (χ4n) is 3.44. The quantitative estimate of drug-likeness (QED) is 0.913. The molecule has 0 unspecified atom stereocenters. The van der Waals surface area contributed by atoms with Gasteiger partial charge in [0.15, 0.2) is 0 Å². The Kier molecular flexibility index (Phi) is 3.38. The molecule has 0 aliphatic carbocycles. The third-order valence-corrected chi connectivity index (χ3v) is 6.00. The molecule has 2 atom stereocenters. The number of carbonyl (C=O) groups is 2. The summed E-state index contributed by atoms with van der Waals surface area (Å²) >= 11 is 1.66. The van der Waals surface area contributed by atoms with E-state index in [1.165, 1.54) is 0 Å². The van der Waals surface area contributed by atoms with Crippen LogP contribution in [0.25, 0.3) is 0 Å². The van der Waals surface area contributed by atoms with Crippen LogP contribution >= 0.6 is 11.8 Å². The van der Waals surface area contributed by atoms with Crippen LogP contribution in [0.2, 0.25) is 0 Å². The highest BCUT2D eigenvalue weighted by Gasteiger charge is 2.57. The van der Waals surface area contributed by atoms with Crippen LogP contribution < -0.4 is 5.32 Å². The number of fused-ring (bicyclic) bond motifs is 3. The smallest absolute Gasteiger partial charge is 0.256 e. The molecule has 0 bridgehead atoms. The normalized spacial score (nSPS) is 23.8. The Balaban J connectivity index is 1.68. The Morgan fingerprint density at radius 3 is 2.71 bits per heavy atom. The molecule has 4 rings (SSSR count). The summed E-state index contributed by atoms with van der Waals surface area (Å²) in [6.45, 7) is 4.02. The predicted molar refractivity (Wildman–Crippen MR) is 93.7 cm³/mol. The summed E-state index contributed by atoms with van der Waals surface area (Å²) in [6.07, 6.45) is 1.63. The number of amides is 2. The van der Waals surface area contributed by atoms with Crippen LogP contribution in [0, 0.1) is 0 Å². The molecule has 1 fully saturated rings. The van der Waals surface area contributed by atoms with Crippen molar-refractivity contribution in [3.05, 3.63) is 59.8 Å². The second-order valence-electron chi connectivity index (χ2n) is 6.48. The Hall–Kier alpha value is -2.34. The lowest BCUT2D eigenvalue weighted by atomic mass is 10.0. The van der Waals surface area contributed by atoms with Gasteiger partial charge < -0.3 is 10.2 Å². The maximum absolute atomic E-state index is 12.9. The topological polar surface area (TPSA) is 62.3 Å². The van der Waals surface area contributed by atoms with E-state index in [1.807, 2.05) is 44.2 Å². The Labute approximate surface area is 144 Å². The van der Waals surface area contributed by atoms with E-state index in [9.17, 15) is 9.59 Å². The molecule has 6 heteroatoms. The number of nitrogens with one attached hydrogen (secondary N) is 1. The largest absolute Gasteiger partial charge is 0.309 e. The van der Waals surface area contributed by atoms with Crippen LogP contribution in [-0.2, 0) is 4.79 Å². The highest BCUT2D eigenvalue weighted by atomic mass is 32.2. The van der Waals surface area contributed by atoms with Gasteiger partial charge >= 0.3 is 0 Å². The predicted octanol–water partition coefficient (Wildman–Crippen LogP) is 3.07. The number of pyridine rings is 1. The van der Waals surface area contributed by atoms with Gasteiger partial charge in [0.05, 0.1) is 0 Å². The molecular formula is C18H17N3O2S. The molecule has 5 nitrogen and oxygen atoms in total. The summed E-state index contributed by atoms with van der Waals surface area (Å²) in [6, 6.07) is 12.4. The summed E-state index contributed by atoms with van der Waals surface area (Å²) in [5, 5.41) is 2.73. The van der Waals surface area contributed by atoms with Crippen molar-refractivity contribution in [1.82, 2.24) is 9.88 Å². The molecule has 24 heavy (non-hydrogen) atoms. The number of benzene rings is 1. The van der Waals surface area contributed by atoms with Crippen molar-refractivity contribution in [1.29, 1.82) is 0 Å². The van der Waals surface area contributed by atoms with E-state index in [0.29, 0.717) is 11.4 Å². The molecule has 1 aromatic carbocycles. The zero-order chi connectivity index (χ0) is 16.9. The van der Waals surface area contributed by atoms with Crippen LogP contribution in [0.15, 0.2) is 48.7 Å². The zero-order valence-electron chi connectivity index (χ0n) is 13.4. The van der Waals surface area contributed by atoms with Gasteiger partial charge in [-0.25, -0.2) is 4.98 Å². The molecule has 0 saturated carbocycles. The number of thioether (sulfide) groups is 1. The fraction of sp³-hybridized carbons (Fsp3) is 0.278. The van der Waals surface area contributed by atoms with Crippen molar-refractivity contribution in [2.24, 2.45) is 0 Å². The van der Waals surface area contributed by atoms with Gasteiger partial charge in [0, 0.05) is 16.5 Å². The summed E-state index contributed by atoms with van der Waals surface area (Å²) < 4.78 is -0.382. The van der Waals surface area contributed by atoms with Crippen molar-refractivity contribution in [3.8, 4) is 0 Å². The highest BCUT2D eigenvalue weighted by Crippen LogP contribution is 2.56. The standard InChI is InChI=1S/C18H17N3O2S/c1-18(2)14(15(22)20-13-9-5-6-10-19-13)21-16(23)11-7-3-4-8-12(11)17(21)24-18/h3-10,14,17H,1-2H3,(H,19,20,22)/t14-,17+/m0/s1. The number of carbonyl (C=O) groups excluding carboxylic acids is 2. The third kappa shape index (κ3) is 2.21. The molecule has 2 aliphatic rings. The minimum Gasteiger partial charge on any atom is -0.309 e. The van der Waals surface area contributed by atoms with Gasteiger partial charge in [-0.15, -0.1) is 11.8 Å².